The van der Waals surface area contributed by atoms with Gasteiger partial charge in [0.1, 0.15) is 0 Å². The summed E-state index contributed by atoms with van der Waals surface area (Å²) in [6.45, 7) is 15.5. The topological polar surface area (TPSA) is 6.48 Å². The van der Waals surface area contributed by atoms with Gasteiger partial charge in [0.15, 0.2) is 0 Å². The Labute approximate surface area is 149 Å². The van der Waals surface area contributed by atoms with E-state index in [4.69, 9.17) is 0 Å². The molecule has 2 aliphatic heterocycles. The Morgan fingerprint density at radius 2 is 1.38 bits per heavy atom. The molecule has 0 N–H and O–H groups in total. The first-order valence-electron chi connectivity index (χ1n) is 10.0. The van der Waals surface area contributed by atoms with E-state index in [1.807, 2.05) is 0 Å². The molecule has 1 spiro atoms. The largest absolute Gasteiger partial charge is 0.301 e. The molecule has 0 aliphatic carbocycles. The summed E-state index contributed by atoms with van der Waals surface area (Å²) in [5, 5.41) is 0. The standard InChI is InChI=1S/C22H36N2/c1-18(2)21-7-5-20(6-8-21)17-23-13-9-22(10-14-23)11-15-24(16-12-22)19(3)4/h5-8,18-19H,9-17H2,1-4H3. The van der Waals surface area contributed by atoms with Crippen molar-refractivity contribution in [3.63, 3.8) is 0 Å². The second-order valence-electron chi connectivity index (χ2n) is 8.80. The van der Waals surface area contributed by atoms with Crippen molar-refractivity contribution in [1.82, 2.24) is 9.80 Å². The van der Waals surface area contributed by atoms with E-state index in [0.29, 0.717) is 11.3 Å². The number of piperidine rings is 2. The zero-order chi connectivity index (χ0) is 17.2. The van der Waals surface area contributed by atoms with Gasteiger partial charge in [-0.2, -0.15) is 0 Å². The Kier molecular flexibility index (Phi) is 5.66. The molecule has 2 heteroatoms. The van der Waals surface area contributed by atoms with Crippen LogP contribution >= 0.6 is 0 Å². The Morgan fingerprint density at radius 1 is 0.833 bits per heavy atom. The highest BCUT2D eigenvalue weighted by atomic mass is 15.2. The maximum atomic E-state index is 2.67. The summed E-state index contributed by atoms with van der Waals surface area (Å²) in [5.74, 6) is 0.630. The zero-order valence-electron chi connectivity index (χ0n) is 16.2. The first kappa shape index (κ1) is 17.9. The molecule has 0 bridgehead atoms. The van der Waals surface area contributed by atoms with Gasteiger partial charge >= 0.3 is 0 Å². The average Bonchev–Trinajstić information content (AvgIpc) is 2.58. The van der Waals surface area contributed by atoms with Crippen LogP contribution < -0.4 is 0 Å². The van der Waals surface area contributed by atoms with Crippen LogP contribution in [0.3, 0.4) is 0 Å². The van der Waals surface area contributed by atoms with Gasteiger partial charge in [0, 0.05) is 12.6 Å². The molecule has 0 amide bonds. The summed E-state index contributed by atoms with van der Waals surface area (Å²) >= 11 is 0. The number of benzene rings is 1. The van der Waals surface area contributed by atoms with E-state index in [2.05, 4.69) is 61.8 Å². The van der Waals surface area contributed by atoms with Gasteiger partial charge in [0.05, 0.1) is 0 Å². The highest BCUT2D eigenvalue weighted by molar-refractivity contribution is 5.24. The van der Waals surface area contributed by atoms with Crippen molar-refractivity contribution in [2.24, 2.45) is 5.41 Å². The maximum absolute atomic E-state index is 2.67. The second kappa shape index (κ2) is 7.58. The number of hydrogen-bond acceptors (Lipinski definition) is 2. The van der Waals surface area contributed by atoms with E-state index >= 15 is 0 Å². The molecule has 1 aromatic rings. The van der Waals surface area contributed by atoms with E-state index in [1.165, 1.54) is 63.0 Å². The maximum Gasteiger partial charge on any atom is 0.0233 e. The molecule has 134 valence electrons. The highest BCUT2D eigenvalue weighted by Gasteiger charge is 2.37. The van der Waals surface area contributed by atoms with Crippen LogP contribution in [0.2, 0.25) is 0 Å². The van der Waals surface area contributed by atoms with Crippen LogP contribution in [0.4, 0.5) is 0 Å². The van der Waals surface area contributed by atoms with Crippen molar-refractivity contribution < 1.29 is 0 Å². The predicted molar refractivity (Wildman–Crippen MR) is 103 cm³/mol. The van der Waals surface area contributed by atoms with Crippen LogP contribution in [0.1, 0.15) is 70.4 Å². The van der Waals surface area contributed by atoms with Crippen molar-refractivity contribution in [2.45, 2.75) is 71.9 Å². The van der Waals surface area contributed by atoms with Crippen LogP contribution in [0.15, 0.2) is 24.3 Å². The Hall–Kier alpha value is -0.860. The first-order chi connectivity index (χ1) is 11.5. The minimum Gasteiger partial charge on any atom is -0.301 e. The summed E-state index contributed by atoms with van der Waals surface area (Å²) in [4.78, 5) is 5.33. The minimum atomic E-state index is 0.630. The van der Waals surface area contributed by atoms with Crippen molar-refractivity contribution in [3.05, 3.63) is 35.4 Å². The summed E-state index contributed by atoms with van der Waals surface area (Å²) in [6.07, 6.45) is 5.65. The van der Waals surface area contributed by atoms with Gasteiger partial charge in [0.2, 0.25) is 0 Å². The minimum absolute atomic E-state index is 0.630. The molecule has 1 aromatic carbocycles. The average molecular weight is 329 g/mol. The number of hydrogen-bond donors (Lipinski definition) is 0. The fraction of sp³-hybridized carbons (Fsp3) is 0.727. The first-order valence-corrected chi connectivity index (χ1v) is 10.0. The molecule has 2 aliphatic rings. The van der Waals surface area contributed by atoms with Gasteiger partial charge < -0.3 is 4.90 Å². The van der Waals surface area contributed by atoms with Gasteiger partial charge in [-0.3, -0.25) is 4.90 Å². The Bertz CT molecular complexity index is 499. The molecule has 2 heterocycles. The lowest BCUT2D eigenvalue weighted by Crippen LogP contribution is -2.48. The molecule has 24 heavy (non-hydrogen) atoms. The van der Waals surface area contributed by atoms with Crippen LogP contribution in [-0.2, 0) is 6.54 Å². The van der Waals surface area contributed by atoms with Gasteiger partial charge in [-0.15, -0.1) is 0 Å². The van der Waals surface area contributed by atoms with E-state index in [-0.39, 0.29) is 0 Å². The summed E-state index contributed by atoms with van der Waals surface area (Å²) in [6, 6.07) is 10.0. The molecule has 2 nitrogen and oxygen atoms in total. The number of likely N-dealkylation sites (tertiary alicyclic amines) is 2. The summed E-state index contributed by atoms with van der Waals surface area (Å²) in [5.41, 5.74) is 3.59. The van der Waals surface area contributed by atoms with E-state index in [0.717, 1.165) is 12.6 Å². The van der Waals surface area contributed by atoms with E-state index < -0.39 is 0 Å². The Balaban J connectivity index is 1.49. The summed E-state index contributed by atoms with van der Waals surface area (Å²) in [7, 11) is 0. The van der Waals surface area contributed by atoms with Crippen molar-refractivity contribution in [2.75, 3.05) is 26.2 Å². The van der Waals surface area contributed by atoms with Gasteiger partial charge in [-0.25, -0.2) is 0 Å². The highest BCUT2D eigenvalue weighted by Crippen LogP contribution is 2.41. The van der Waals surface area contributed by atoms with Gasteiger partial charge in [0.25, 0.3) is 0 Å². The fourth-order valence-corrected chi connectivity index (χ4v) is 4.47. The quantitative estimate of drug-likeness (QED) is 0.776. The number of rotatable bonds is 4. The van der Waals surface area contributed by atoms with E-state index in [9.17, 15) is 0 Å². The SMILES string of the molecule is CC(C)c1ccc(CN2CCC3(CC2)CCN(C(C)C)CC3)cc1. The lowest BCUT2D eigenvalue weighted by molar-refractivity contribution is 0.0230. The lowest BCUT2D eigenvalue weighted by Gasteiger charge is -2.47. The van der Waals surface area contributed by atoms with Crippen LogP contribution in [0.5, 0.6) is 0 Å². The molecular formula is C22H36N2. The van der Waals surface area contributed by atoms with Crippen LogP contribution in [-0.4, -0.2) is 42.0 Å². The molecule has 3 rings (SSSR count). The van der Waals surface area contributed by atoms with Crippen molar-refractivity contribution >= 4 is 0 Å². The van der Waals surface area contributed by atoms with Crippen molar-refractivity contribution in [1.29, 1.82) is 0 Å². The number of nitrogens with zero attached hydrogens (tertiary/aromatic N) is 2. The van der Waals surface area contributed by atoms with Crippen LogP contribution in [0.25, 0.3) is 0 Å². The lowest BCUT2D eigenvalue weighted by atomic mass is 9.71. The monoisotopic (exact) mass is 328 g/mol. The second-order valence-corrected chi connectivity index (χ2v) is 8.80. The van der Waals surface area contributed by atoms with Gasteiger partial charge in [-0.05, 0) is 88.2 Å². The summed E-state index contributed by atoms with van der Waals surface area (Å²) < 4.78 is 0. The van der Waals surface area contributed by atoms with Crippen LogP contribution in [0, 0.1) is 5.41 Å². The fourth-order valence-electron chi connectivity index (χ4n) is 4.47. The smallest absolute Gasteiger partial charge is 0.0233 e. The molecule has 0 radical (unpaired) electrons. The van der Waals surface area contributed by atoms with Crippen molar-refractivity contribution in [3.8, 4) is 0 Å². The molecule has 2 saturated heterocycles. The predicted octanol–water partition coefficient (Wildman–Crippen LogP) is 4.90. The third-order valence-electron chi connectivity index (χ3n) is 6.56. The molecule has 0 unspecified atom stereocenters. The third kappa shape index (κ3) is 4.21. The third-order valence-corrected chi connectivity index (χ3v) is 6.56. The molecule has 2 fully saturated rings. The zero-order valence-corrected chi connectivity index (χ0v) is 16.2. The van der Waals surface area contributed by atoms with Gasteiger partial charge in [-0.1, -0.05) is 38.1 Å². The normalized spacial score (nSPS) is 22.6. The van der Waals surface area contributed by atoms with E-state index in [1.54, 1.807) is 0 Å². The molecule has 0 atom stereocenters. The Morgan fingerprint density at radius 3 is 1.88 bits per heavy atom. The molecule has 0 aromatic heterocycles. The molecule has 0 saturated carbocycles. The molecular weight excluding hydrogens is 292 g/mol.